The number of amides is 3. The summed E-state index contributed by atoms with van der Waals surface area (Å²) in [5, 5.41) is 13.8. The maximum atomic E-state index is 11.7. The van der Waals surface area contributed by atoms with Crippen molar-refractivity contribution in [2.75, 3.05) is 20.6 Å². The van der Waals surface area contributed by atoms with Crippen molar-refractivity contribution >= 4 is 17.9 Å². The van der Waals surface area contributed by atoms with Crippen LogP contribution in [0.5, 0.6) is 0 Å². The first-order valence-corrected chi connectivity index (χ1v) is 6.50. The van der Waals surface area contributed by atoms with Gasteiger partial charge in [-0.1, -0.05) is 0 Å². The summed E-state index contributed by atoms with van der Waals surface area (Å²) in [5.41, 5.74) is 4.88. The Kier molecular flexibility index (Phi) is 5.32. The number of likely N-dealkylation sites (N-methyl/N-ethyl adjacent to an activating group) is 1. The first-order valence-electron chi connectivity index (χ1n) is 6.50. The van der Waals surface area contributed by atoms with E-state index in [4.69, 9.17) is 10.8 Å². The van der Waals surface area contributed by atoms with Crippen LogP contribution in [0.15, 0.2) is 0 Å². The number of nitrogens with zero attached hydrogens (tertiary/aromatic N) is 1. The molecule has 1 aliphatic rings. The minimum absolute atomic E-state index is 0.0558. The third-order valence-electron chi connectivity index (χ3n) is 3.82. The van der Waals surface area contributed by atoms with Crippen LogP contribution in [-0.4, -0.2) is 60.1 Å². The lowest BCUT2D eigenvalue weighted by Gasteiger charge is -2.47. The summed E-state index contributed by atoms with van der Waals surface area (Å²) in [6.07, 6.45) is 2.66. The molecule has 1 saturated carbocycles. The highest BCUT2D eigenvalue weighted by atomic mass is 16.4. The largest absolute Gasteiger partial charge is 0.480 e. The lowest BCUT2D eigenvalue weighted by Crippen LogP contribution is -2.59. The average Bonchev–Trinajstić information content (AvgIpc) is 2.25. The van der Waals surface area contributed by atoms with E-state index in [0.29, 0.717) is 6.54 Å². The molecule has 0 saturated heterocycles. The molecule has 1 atom stereocenters. The van der Waals surface area contributed by atoms with E-state index in [2.05, 4.69) is 15.5 Å². The second-order valence-corrected chi connectivity index (χ2v) is 5.36. The van der Waals surface area contributed by atoms with Gasteiger partial charge < -0.3 is 26.4 Å². The molecule has 0 aromatic heterocycles. The molecule has 0 aromatic carbocycles. The van der Waals surface area contributed by atoms with Crippen molar-refractivity contribution in [3.05, 3.63) is 0 Å². The van der Waals surface area contributed by atoms with Crippen molar-refractivity contribution in [1.82, 2.24) is 15.5 Å². The highest BCUT2D eigenvalue weighted by Crippen LogP contribution is 2.35. The Morgan fingerprint density at radius 1 is 1.35 bits per heavy atom. The summed E-state index contributed by atoms with van der Waals surface area (Å²) >= 11 is 0. The molecule has 0 bridgehead atoms. The number of hydrogen-bond acceptors (Lipinski definition) is 4. The number of primary amides is 1. The van der Waals surface area contributed by atoms with E-state index >= 15 is 0 Å². The lowest BCUT2D eigenvalue weighted by atomic mass is 9.75. The molecule has 0 aliphatic heterocycles. The molecule has 0 unspecified atom stereocenters. The standard InChI is InChI=1S/C12H22N4O4/c1-16(2)12(4-3-5-12)7-14-11(20)15-8(10(18)19)6-9(13)17/h8H,3-7H2,1-2H3,(H2,13,17)(H,18,19)(H2,14,15,20)/t8-/m1/s1. The second-order valence-electron chi connectivity index (χ2n) is 5.36. The second kappa shape index (κ2) is 6.56. The van der Waals surface area contributed by atoms with Gasteiger partial charge in [-0.3, -0.25) is 4.79 Å². The maximum Gasteiger partial charge on any atom is 0.326 e. The normalized spacial score (nSPS) is 17.9. The molecule has 8 nitrogen and oxygen atoms in total. The monoisotopic (exact) mass is 286 g/mol. The number of hydrogen-bond donors (Lipinski definition) is 4. The van der Waals surface area contributed by atoms with Gasteiger partial charge in [0.05, 0.1) is 6.42 Å². The topological polar surface area (TPSA) is 125 Å². The molecule has 3 amide bonds. The minimum atomic E-state index is -1.30. The molecule has 0 spiro atoms. The first-order chi connectivity index (χ1) is 9.27. The van der Waals surface area contributed by atoms with Crippen molar-refractivity contribution in [2.24, 2.45) is 5.73 Å². The number of nitrogens with two attached hydrogens (primary N) is 1. The summed E-state index contributed by atoms with van der Waals surface area (Å²) < 4.78 is 0. The van der Waals surface area contributed by atoms with Crippen LogP contribution in [0.4, 0.5) is 4.79 Å². The zero-order valence-electron chi connectivity index (χ0n) is 11.8. The van der Waals surface area contributed by atoms with E-state index in [1.807, 2.05) is 14.1 Å². The van der Waals surface area contributed by atoms with Gasteiger partial charge in [0.2, 0.25) is 5.91 Å². The van der Waals surface area contributed by atoms with Crippen molar-refractivity contribution in [3.8, 4) is 0 Å². The number of carbonyl (C=O) groups excluding carboxylic acids is 2. The third kappa shape index (κ3) is 4.09. The van der Waals surface area contributed by atoms with Gasteiger partial charge >= 0.3 is 12.0 Å². The molecule has 1 rings (SSSR count). The third-order valence-corrected chi connectivity index (χ3v) is 3.82. The summed E-state index contributed by atoms with van der Waals surface area (Å²) in [6, 6.07) is -1.91. The molecule has 114 valence electrons. The molecule has 1 aliphatic carbocycles. The van der Waals surface area contributed by atoms with Crippen LogP contribution in [0, 0.1) is 0 Å². The highest BCUT2D eigenvalue weighted by molar-refractivity contribution is 5.87. The molecule has 0 radical (unpaired) electrons. The summed E-state index contributed by atoms with van der Waals surface area (Å²) in [7, 11) is 3.90. The predicted molar refractivity (Wildman–Crippen MR) is 72.0 cm³/mol. The average molecular weight is 286 g/mol. The van der Waals surface area contributed by atoms with E-state index in [1.54, 1.807) is 0 Å². The van der Waals surface area contributed by atoms with E-state index in [1.165, 1.54) is 0 Å². The zero-order valence-corrected chi connectivity index (χ0v) is 11.8. The summed E-state index contributed by atoms with van der Waals surface area (Å²) in [6.45, 7) is 0.439. The van der Waals surface area contributed by atoms with E-state index < -0.39 is 30.4 Å². The summed E-state index contributed by atoms with van der Waals surface area (Å²) in [5.74, 6) is -2.06. The number of carboxylic acids is 1. The Morgan fingerprint density at radius 2 is 1.95 bits per heavy atom. The van der Waals surface area contributed by atoms with Gasteiger partial charge in [0, 0.05) is 12.1 Å². The Morgan fingerprint density at radius 3 is 2.30 bits per heavy atom. The van der Waals surface area contributed by atoms with Crippen LogP contribution in [0.1, 0.15) is 25.7 Å². The molecule has 20 heavy (non-hydrogen) atoms. The van der Waals surface area contributed by atoms with Gasteiger partial charge in [0.15, 0.2) is 0 Å². The number of nitrogens with one attached hydrogen (secondary N) is 2. The molecule has 8 heteroatoms. The number of carbonyl (C=O) groups is 3. The van der Waals surface area contributed by atoms with Gasteiger partial charge in [0.1, 0.15) is 6.04 Å². The van der Waals surface area contributed by atoms with Crippen LogP contribution >= 0.6 is 0 Å². The highest BCUT2D eigenvalue weighted by Gasteiger charge is 2.39. The van der Waals surface area contributed by atoms with Gasteiger partial charge in [-0.05, 0) is 33.4 Å². The van der Waals surface area contributed by atoms with Gasteiger partial charge in [-0.15, -0.1) is 0 Å². The number of aliphatic carboxylic acids is 1. The Labute approximate surface area is 117 Å². The van der Waals surface area contributed by atoms with Crippen LogP contribution in [-0.2, 0) is 9.59 Å². The van der Waals surface area contributed by atoms with Crippen molar-refractivity contribution < 1.29 is 19.5 Å². The minimum Gasteiger partial charge on any atom is -0.480 e. The number of carboxylic acid groups (broad SMARTS) is 1. The van der Waals surface area contributed by atoms with Crippen molar-refractivity contribution in [2.45, 2.75) is 37.3 Å². The molecule has 0 heterocycles. The Hall–Kier alpha value is -1.83. The van der Waals surface area contributed by atoms with Crippen LogP contribution < -0.4 is 16.4 Å². The van der Waals surface area contributed by atoms with Crippen molar-refractivity contribution in [3.63, 3.8) is 0 Å². The fourth-order valence-corrected chi connectivity index (χ4v) is 2.22. The molecule has 5 N–H and O–H groups in total. The zero-order chi connectivity index (χ0) is 15.3. The summed E-state index contributed by atoms with van der Waals surface area (Å²) in [4.78, 5) is 35.4. The van der Waals surface area contributed by atoms with E-state index in [-0.39, 0.29) is 5.54 Å². The van der Waals surface area contributed by atoms with Crippen LogP contribution in [0.25, 0.3) is 0 Å². The van der Waals surface area contributed by atoms with Gasteiger partial charge in [-0.2, -0.15) is 0 Å². The Balaban J connectivity index is 2.46. The molecule has 1 fully saturated rings. The van der Waals surface area contributed by atoms with E-state index in [9.17, 15) is 14.4 Å². The quantitative estimate of drug-likeness (QED) is 0.482. The first kappa shape index (κ1) is 16.2. The Bertz CT molecular complexity index is 393. The maximum absolute atomic E-state index is 11.7. The van der Waals surface area contributed by atoms with Crippen LogP contribution in [0.2, 0.25) is 0 Å². The fourth-order valence-electron chi connectivity index (χ4n) is 2.22. The van der Waals surface area contributed by atoms with E-state index in [0.717, 1.165) is 19.3 Å². The molecule has 0 aromatic rings. The van der Waals surface area contributed by atoms with Crippen LogP contribution in [0.3, 0.4) is 0 Å². The number of urea groups is 1. The SMILES string of the molecule is CN(C)C1(CNC(=O)N[C@H](CC(N)=O)C(=O)O)CCC1. The van der Waals surface area contributed by atoms with Crippen molar-refractivity contribution in [1.29, 1.82) is 0 Å². The predicted octanol–water partition coefficient (Wildman–Crippen LogP) is -0.901. The van der Waals surface area contributed by atoms with Gasteiger partial charge in [0.25, 0.3) is 0 Å². The lowest BCUT2D eigenvalue weighted by molar-refractivity contribution is -0.140. The molecular formula is C12H22N4O4. The number of rotatable bonds is 7. The smallest absolute Gasteiger partial charge is 0.326 e. The fraction of sp³-hybridized carbons (Fsp3) is 0.750. The van der Waals surface area contributed by atoms with Gasteiger partial charge in [-0.25, -0.2) is 9.59 Å². The molecular weight excluding hydrogens is 264 g/mol.